The average Bonchev–Trinajstić information content (AvgIpc) is 3.06. The Morgan fingerprint density at radius 3 is 2.68 bits per heavy atom. The van der Waals surface area contributed by atoms with E-state index in [4.69, 9.17) is 9.40 Å². The molecule has 4 aromatic rings. The molecule has 0 radical (unpaired) electrons. The molecular weight excluding hydrogens is 334 g/mol. The number of benzene rings is 2. The third kappa shape index (κ3) is 2.83. The van der Waals surface area contributed by atoms with Gasteiger partial charge >= 0.3 is 5.63 Å². The number of hydrogen-bond donors (Lipinski definition) is 1. The van der Waals surface area contributed by atoms with Crippen LogP contribution in [-0.4, -0.2) is 10.1 Å². The number of aryl methyl sites for hydroxylation is 1. The van der Waals surface area contributed by atoms with Crippen LogP contribution in [0.1, 0.15) is 11.8 Å². The summed E-state index contributed by atoms with van der Waals surface area (Å²) in [6.45, 7) is 2.08. The van der Waals surface area contributed by atoms with Crippen molar-refractivity contribution in [3.8, 4) is 27.6 Å². The van der Waals surface area contributed by atoms with E-state index >= 15 is 0 Å². The molecule has 0 saturated carbocycles. The Morgan fingerprint density at radius 2 is 1.92 bits per heavy atom. The van der Waals surface area contributed by atoms with E-state index in [2.05, 4.69) is 6.92 Å². The van der Waals surface area contributed by atoms with Crippen molar-refractivity contribution in [3.63, 3.8) is 0 Å². The number of phenolic OH excluding ortho intramolecular Hbond substituents is 1. The summed E-state index contributed by atoms with van der Waals surface area (Å²) in [6, 6.07) is 16.5. The largest absolute Gasteiger partial charge is 0.508 e. The van der Waals surface area contributed by atoms with Crippen LogP contribution in [0.25, 0.3) is 32.8 Å². The SMILES string of the molecule is CCc1sc(-c2cc3ccc(O)cc3oc2=O)nc1-c1ccccc1. The van der Waals surface area contributed by atoms with Gasteiger partial charge in [-0.3, -0.25) is 0 Å². The first-order chi connectivity index (χ1) is 12.2. The molecule has 0 aliphatic heterocycles. The lowest BCUT2D eigenvalue weighted by Crippen LogP contribution is -2.02. The summed E-state index contributed by atoms with van der Waals surface area (Å²) in [5.41, 5.74) is 2.31. The highest BCUT2D eigenvalue weighted by molar-refractivity contribution is 7.15. The van der Waals surface area contributed by atoms with Crippen LogP contribution in [0.3, 0.4) is 0 Å². The minimum absolute atomic E-state index is 0.0669. The van der Waals surface area contributed by atoms with Gasteiger partial charge in [0.25, 0.3) is 0 Å². The summed E-state index contributed by atoms with van der Waals surface area (Å²) >= 11 is 1.51. The van der Waals surface area contributed by atoms with Crippen molar-refractivity contribution in [3.05, 3.63) is 69.9 Å². The molecule has 2 heterocycles. The molecule has 25 heavy (non-hydrogen) atoms. The van der Waals surface area contributed by atoms with Crippen LogP contribution < -0.4 is 5.63 Å². The summed E-state index contributed by atoms with van der Waals surface area (Å²) in [7, 11) is 0. The number of fused-ring (bicyclic) bond motifs is 1. The van der Waals surface area contributed by atoms with Crippen molar-refractivity contribution in [1.29, 1.82) is 0 Å². The lowest BCUT2D eigenvalue weighted by atomic mass is 10.1. The van der Waals surface area contributed by atoms with Gasteiger partial charge in [0.2, 0.25) is 0 Å². The zero-order valence-corrected chi connectivity index (χ0v) is 14.3. The molecule has 4 nitrogen and oxygen atoms in total. The van der Waals surface area contributed by atoms with Crippen molar-refractivity contribution >= 4 is 22.3 Å². The molecule has 4 rings (SSSR count). The van der Waals surface area contributed by atoms with Gasteiger partial charge in [0, 0.05) is 21.9 Å². The standard InChI is InChI=1S/C20H15NO3S/c1-2-17-18(12-6-4-3-5-7-12)21-19(25-17)15-10-13-8-9-14(22)11-16(13)24-20(15)23/h3-11,22H,2H2,1H3. The van der Waals surface area contributed by atoms with Crippen LogP contribution in [0.15, 0.2) is 63.8 Å². The highest BCUT2D eigenvalue weighted by atomic mass is 32.1. The van der Waals surface area contributed by atoms with E-state index in [9.17, 15) is 9.90 Å². The van der Waals surface area contributed by atoms with E-state index < -0.39 is 5.63 Å². The van der Waals surface area contributed by atoms with E-state index in [0.717, 1.165) is 27.9 Å². The zero-order valence-electron chi connectivity index (χ0n) is 13.5. The lowest BCUT2D eigenvalue weighted by Gasteiger charge is -2.00. The first-order valence-electron chi connectivity index (χ1n) is 7.98. The Hall–Kier alpha value is -2.92. The van der Waals surface area contributed by atoms with E-state index in [1.165, 1.54) is 17.4 Å². The van der Waals surface area contributed by atoms with Gasteiger partial charge in [-0.15, -0.1) is 11.3 Å². The fraction of sp³-hybridized carbons (Fsp3) is 0.100. The van der Waals surface area contributed by atoms with Gasteiger partial charge in [0.15, 0.2) is 0 Å². The maximum Gasteiger partial charge on any atom is 0.346 e. The summed E-state index contributed by atoms with van der Waals surface area (Å²) < 4.78 is 5.37. The number of aromatic hydroxyl groups is 1. The van der Waals surface area contributed by atoms with Crippen LogP contribution >= 0.6 is 11.3 Å². The third-order valence-corrected chi connectivity index (χ3v) is 5.25. The minimum atomic E-state index is -0.450. The molecule has 5 heteroatoms. The van der Waals surface area contributed by atoms with Crippen LogP contribution in [0.4, 0.5) is 0 Å². The summed E-state index contributed by atoms with van der Waals surface area (Å²) in [5, 5.41) is 10.9. The number of rotatable bonds is 3. The Bertz CT molecular complexity index is 1110. The summed E-state index contributed by atoms with van der Waals surface area (Å²) in [5.74, 6) is 0.0669. The van der Waals surface area contributed by atoms with Crippen LogP contribution in [-0.2, 0) is 6.42 Å². The molecule has 2 aromatic heterocycles. The van der Waals surface area contributed by atoms with Crippen molar-refractivity contribution in [2.24, 2.45) is 0 Å². The molecule has 0 amide bonds. The van der Waals surface area contributed by atoms with Crippen LogP contribution in [0.5, 0.6) is 5.75 Å². The van der Waals surface area contributed by atoms with Gasteiger partial charge in [-0.25, -0.2) is 9.78 Å². The second kappa shape index (κ2) is 6.18. The molecule has 1 N–H and O–H groups in total. The summed E-state index contributed by atoms with van der Waals surface area (Å²) in [4.78, 5) is 18.3. The normalized spacial score (nSPS) is 11.1. The summed E-state index contributed by atoms with van der Waals surface area (Å²) in [6.07, 6.45) is 0.842. The molecule has 0 saturated heterocycles. The third-order valence-electron chi connectivity index (χ3n) is 4.02. The number of hydrogen-bond acceptors (Lipinski definition) is 5. The molecule has 0 spiro atoms. The van der Waals surface area contributed by atoms with Gasteiger partial charge in [-0.05, 0) is 24.6 Å². The maximum atomic E-state index is 12.4. The highest BCUT2D eigenvalue weighted by Crippen LogP contribution is 2.34. The van der Waals surface area contributed by atoms with Crippen molar-refractivity contribution in [2.45, 2.75) is 13.3 Å². The second-order valence-corrected chi connectivity index (χ2v) is 6.76. The number of aromatic nitrogens is 1. The average molecular weight is 349 g/mol. The van der Waals surface area contributed by atoms with Crippen molar-refractivity contribution < 1.29 is 9.52 Å². The molecule has 0 atom stereocenters. The van der Waals surface area contributed by atoms with Crippen molar-refractivity contribution in [2.75, 3.05) is 0 Å². The lowest BCUT2D eigenvalue weighted by molar-refractivity contribution is 0.473. The molecule has 124 valence electrons. The highest BCUT2D eigenvalue weighted by Gasteiger charge is 2.17. The monoisotopic (exact) mass is 349 g/mol. The Kier molecular flexibility index (Phi) is 3.86. The fourth-order valence-corrected chi connectivity index (χ4v) is 3.80. The van der Waals surface area contributed by atoms with E-state index in [1.54, 1.807) is 18.2 Å². The van der Waals surface area contributed by atoms with Crippen molar-refractivity contribution in [1.82, 2.24) is 4.98 Å². The fourth-order valence-electron chi connectivity index (χ4n) is 2.78. The predicted molar refractivity (Wildman–Crippen MR) is 100 cm³/mol. The van der Waals surface area contributed by atoms with E-state index in [0.29, 0.717) is 16.2 Å². The predicted octanol–water partition coefficient (Wildman–Crippen LogP) is 4.85. The molecular formula is C20H15NO3S. The molecule has 0 unspecified atom stereocenters. The van der Waals surface area contributed by atoms with Gasteiger partial charge in [-0.1, -0.05) is 37.3 Å². The number of phenols is 1. The Balaban J connectivity index is 1.89. The van der Waals surface area contributed by atoms with Gasteiger partial charge in [0.05, 0.1) is 11.3 Å². The first-order valence-corrected chi connectivity index (χ1v) is 8.79. The molecule has 0 aliphatic rings. The molecule has 2 aromatic carbocycles. The number of nitrogens with zero attached hydrogens (tertiary/aromatic N) is 1. The molecule has 0 bridgehead atoms. The topological polar surface area (TPSA) is 63.3 Å². The zero-order chi connectivity index (χ0) is 17.4. The Labute approximate surface area is 148 Å². The molecule has 0 fully saturated rings. The maximum absolute atomic E-state index is 12.4. The van der Waals surface area contributed by atoms with Gasteiger partial charge in [-0.2, -0.15) is 0 Å². The van der Waals surface area contributed by atoms with E-state index in [-0.39, 0.29) is 5.75 Å². The second-order valence-electron chi connectivity index (χ2n) is 5.68. The van der Waals surface area contributed by atoms with Crippen LogP contribution in [0, 0.1) is 0 Å². The number of thiazole rings is 1. The van der Waals surface area contributed by atoms with Gasteiger partial charge < -0.3 is 9.52 Å². The van der Waals surface area contributed by atoms with Gasteiger partial charge in [0.1, 0.15) is 16.3 Å². The quantitative estimate of drug-likeness (QED) is 0.537. The first kappa shape index (κ1) is 15.6. The smallest absolute Gasteiger partial charge is 0.346 e. The van der Waals surface area contributed by atoms with E-state index in [1.807, 2.05) is 30.3 Å². The molecule has 0 aliphatic carbocycles. The minimum Gasteiger partial charge on any atom is -0.508 e. The Morgan fingerprint density at radius 1 is 1.12 bits per heavy atom. The van der Waals surface area contributed by atoms with Crippen LogP contribution in [0.2, 0.25) is 0 Å².